The molecule has 2 heteroatoms. The fourth-order valence-electron chi connectivity index (χ4n) is 1.38. The van der Waals surface area contributed by atoms with Gasteiger partial charge in [-0.2, -0.15) is 11.1 Å². The lowest BCUT2D eigenvalue weighted by Crippen LogP contribution is -2.22. The van der Waals surface area contributed by atoms with E-state index in [-0.39, 0.29) is 0 Å². The fourth-order valence-corrected chi connectivity index (χ4v) is 3.29. The molecule has 0 aliphatic heterocycles. The highest BCUT2D eigenvalue weighted by Gasteiger charge is 2.23. The van der Waals surface area contributed by atoms with Crippen LogP contribution in [0.4, 0.5) is 0 Å². The summed E-state index contributed by atoms with van der Waals surface area (Å²) in [5, 5.41) is 1.57. The van der Waals surface area contributed by atoms with Gasteiger partial charge in [-0.15, -0.1) is 0 Å². The average Bonchev–Trinajstić information content (AvgIpc) is 1.88. The van der Waals surface area contributed by atoms with Crippen molar-refractivity contribution in [2.45, 2.75) is 38.8 Å². The number of allylic oxidation sites excluding steroid dienone is 2. The highest BCUT2D eigenvalue weighted by atomic mass is 35.6. The molecule has 0 unspecified atom stereocenters. The molecular weight excluding hydrogens is 160 g/mol. The molecule has 1 aliphatic rings. The van der Waals surface area contributed by atoms with Gasteiger partial charge in [-0.25, -0.2) is 0 Å². The van der Waals surface area contributed by atoms with E-state index in [0.717, 1.165) is 0 Å². The first kappa shape index (κ1) is 8.34. The summed E-state index contributed by atoms with van der Waals surface area (Å²) in [6.07, 6.45) is 7.61. The van der Waals surface area contributed by atoms with E-state index in [1.165, 1.54) is 25.7 Å². The van der Waals surface area contributed by atoms with Gasteiger partial charge in [0.2, 0.25) is 0 Å². The molecule has 0 saturated heterocycles. The van der Waals surface area contributed by atoms with Gasteiger partial charge < -0.3 is 0 Å². The van der Waals surface area contributed by atoms with Crippen LogP contribution in [0.1, 0.15) is 25.7 Å². The minimum atomic E-state index is -1.42. The van der Waals surface area contributed by atoms with Crippen LogP contribution in [0.2, 0.25) is 13.1 Å². The molecular formula is C8H15ClSi. The summed E-state index contributed by atoms with van der Waals surface area (Å²) >= 11 is 6.28. The van der Waals surface area contributed by atoms with Crippen molar-refractivity contribution in [3.05, 3.63) is 11.3 Å². The van der Waals surface area contributed by atoms with Gasteiger partial charge in [0.1, 0.15) is 0 Å². The minimum absolute atomic E-state index is 1.26. The first-order valence-corrected chi connectivity index (χ1v) is 8.00. The topological polar surface area (TPSA) is 0 Å². The van der Waals surface area contributed by atoms with Crippen molar-refractivity contribution in [2.24, 2.45) is 0 Å². The van der Waals surface area contributed by atoms with Crippen molar-refractivity contribution in [1.29, 1.82) is 0 Å². The zero-order chi connectivity index (χ0) is 7.61. The van der Waals surface area contributed by atoms with Gasteiger partial charge in [0, 0.05) is 0 Å². The van der Waals surface area contributed by atoms with Gasteiger partial charge in [0.15, 0.2) is 7.38 Å². The summed E-state index contributed by atoms with van der Waals surface area (Å²) in [5.74, 6) is 0. The van der Waals surface area contributed by atoms with E-state index in [1.54, 1.807) is 5.20 Å². The van der Waals surface area contributed by atoms with Gasteiger partial charge in [0.05, 0.1) is 0 Å². The first-order valence-electron chi connectivity index (χ1n) is 3.99. The quantitative estimate of drug-likeness (QED) is 0.422. The first-order chi connectivity index (χ1) is 4.61. The van der Waals surface area contributed by atoms with E-state index < -0.39 is 7.38 Å². The summed E-state index contributed by atoms with van der Waals surface area (Å²) < 4.78 is 0. The van der Waals surface area contributed by atoms with E-state index in [4.69, 9.17) is 11.1 Å². The minimum Gasteiger partial charge on any atom is -0.162 e. The molecule has 0 saturated carbocycles. The summed E-state index contributed by atoms with van der Waals surface area (Å²) in [5.41, 5.74) is 0. The predicted molar refractivity (Wildman–Crippen MR) is 49.9 cm³/mol. The molecule has 0 heterocycles. The Morgan fingerprint density at radius 3 is 2.40 bits per heavy atom. The summed E-state index contributed by atoms with van der Waals surface area (Å²) in [6, 6.07) is 0. The van der Waals surface area contributed by atoms with Gasteiger partial charge >= 0.3 is 0 Å². The fraction of sp³-hybridized carbons (Fsp3) is 0.750. The van der Waals surface area contributed by atoms with Gasteiger partial charge in [0.25, 0.3) is 0 Å². The molecule has 1 rings (SSSR count). The molecule has 58 valence electrons. The molecule has 0 N–H and O–H groups in total. The van der Waals surface area contributed by atoms with Crippen molar-refractivity contribution in [2.75, 3.05) is 0 Å². The van der Waals surface area contributed by atoms with Crippen LogP contribution in [0.5, 0.6) is 0 Å². The molecule has 0 fully saturated rings. The van der Waals surface area contributed by atoms with Crippen LogP contribution in [0, 0.1) is 0 Å². The molecule has 1 aliphatic carbocycles. The second-order valence-electron chi connectivity index (χ2n) is 3.45. The van der Waals surface area contributed by atoms with Gasteiger partial charge in [-0.3, -0.25) is 0 Å². The highest BCUT2D eigenvalue weighted by Crippen LogP contribution is 2.28. The number of hydrogen-bond donors (Lipinski definition) is 0. The second kappa shape index (κ2) is 3.10. The predicted octanol–water partition coefficient (Wildman–Crippen LogP) is 3.47. The molecule has 0 atom stereocenters. The van der Waals surface area contributed by atoms with E-state index in [1.807, 2.05) is 0 Å². The maximum absolute atomic E-state index is 6.28. The maximum atomic E-state index is 6.28. The molecule has 0 nitrogen and oxygen atoms in total. The smallest absolute Gasteiger partial charge is 0.162 e. The lowest BCUT2D eigenvalue weighted by Gasteiger charge is -2.21. The normalized spacial score (nSPS) is 20.5. The molecule has 0 aromatic carbocycles. The molecule has 0 aromatic heterocycles. The van der Waals surface area contributed by atoms with Crippen LogP contribution in [-0.4, -0.2) is 7.38 Å². The van der Waals surface area contributed by atoms with Crippen LogP contribution in [-0.2, 0) is 0 Å². The third-order valence-corrected chi connectivity index (χ3v) is 4.76. The van der Waals surface area contributed by atoms with E-state index in [0.29, 0.717) is 0 Å². The molecule has 10 heavy (non-hydrogen) atoms. The van der Waals surface area contributed by atoms with Crippen molar-refractivity contribution >= 4 is 18.5 Å². The summed E-state index contributed by atoms with van der Waals surface area (Å²) in [4.78, 5) is 0. The zero-order valence-corrected chi connectivity index (χ0v) is 8.54. The molecule has 0 amide bonds. The van der Waals surface area contributed by atoms with Crippen LogP contribution in [0.25, 0.3) is 0 Å². The lowest BCUT2D eigenvalue weighted by atomic mass is 10.1. The average molecular weight is 175 g/mol. The molecule has 0 bridgehead atoms. The Hall–Kier alpha value is 0.247. The zero-order valence-electron chi connectivity index (χ0n) is 6.78. The second-order valence-corrected chi connectivity index (χ2v) is 9.87. The molecule has 0 aromatic rings. The molecule has 0 spiro atoms. The van der Waals surface area contributed by atoms with Crippen molar-refractivity contribution < 1.29 is 0 Å². The van der Waals surface area contributed by atoms with Crippen LogP contribution in [0.15, 0.2) is 11.3 Å². The van der Waals surface area contributed by atoms with Gasteiger partial charge in [-0.05, 0) is 25.7 Å². The third-order valence-electron chi connectivity index (χ3n) is 2.05. The largest absolute Gasteiger partial charge is 0.176 e. The Kier molecular flexibility index (Phi) is 2.59. The number of rotatable bonds is 1. The Morgan fingerprint density at radius 2 is 2.10 bits per heavy atom. The van der Waals surface area contributed by atoms with Crippen LogP contribution >= 0.6 is 11.1 Å². The van der Waals surface area contributed by atoms with Crippen molar-refractivity contribution in [3.8, 4) is 0 Å². The maximum Gasteiger partial charge on any atom is 0.176 e. The standard InChI is InChI=1S/C8H15ClSi/c1-10(2,9)8-6-4-3-5-7-8/h6H,3-5,7H2,1-2H3. The van der Waals surface area contributed by atoms with Gasteiger partial charge in [-0.1, -0.05) is 24.4 Å². The SMILES string of the molecule is C[Si](C)(Cl)C1=CCCCC1. The molecule has 0 radical (unpaired) electrons. The summed E-state index contributed by atoms with van der Waals surface area (Å²) in [7, 11) is -1.42. The summed E-state index contributed by atoms with van der Waals surface area (Å²) in [6.45, 7) is 4.43. The number of halogens is 1. The Morgan fingerprint density at radius 1 is 1.40 bits per heavy atom. The van der Waals surface area contributed by atoms with Crippen LogP contribution < -0.4 is 0 Å². The Labute approximate surface area is 69.0 Å². The number of hydrogen-bond acceptors (Lipinski definition) is 0. The van der Waals surface area contributed by atoms with Crippen molar-refractivity contribution in [3.63, 3.8) is 0 Å². The van der Waals surface area contributed by atoms with E-state index in [2.05, 4.69) is 19.2 Å². The Bertz CT molecular complexity index is 144. The highest BCUT2D eigenvalue weighted by molar-refractivity contribution is 7.23. The van der Waals surface area contributed by atoms with E-state index >= 15 is 0 Å². The Balaban J connectivity index is 2.62. The van der Waals surface area contributed by atoms with Crippen LogP contribution in [0.3, 0.4) is 0 Å². The monoisotopic (exact) mass is 174 g/mol. The third kappa shape index (κ3) is 2.13. The van der Waals surface area contributed by atoms with Crippen molar-refractivity contribution in [1.82, 2.24) is 0 Å². The van der Waals surface area contributed by atoms with E-state index in [9.17, 15) is 0 Å². The lowest BCUT2D eigenvalue weighted by molar-refractivity contribution is 0.718.